The molecule has 8 heteroatoms. The summed E-state index contributed by atoms with van der Waals surface area (Å²) in [6.07, 6.45) is 5.12. The molecule has 2 rings (SSSR count). The number of carbonyl (C=O) groups excluding carboxylic acids is 1. The maximum absolute atomic E-state index is 11.6. The van der Waals surface area contributed by atoms with Gasteiger partial charge in [0.05, 0.1) is 29.2 Å². The molecule has 0 aliphatic rings. The molecular formula is C13H10N2O5S. The number of thiophene rings is 1. The summed E-state index contributed by atoms with van der Waals surface area (Å²) in [7, 11) is 1.23. The standard InChI is InChI=1S/C13H10N2O5S/c1-3-4-20-8-5-7(15(17)18)6-9-10(8)11(14)12(21-9)13(16)19-2/h1,5-6H,4,14H2,2H3. The zero-order valence-electron chi connectivity index (χ0n) is 10.9. The summed E-state index contributed by atoms with van der Waals surface area (Å²) in [5.74, 6) is 1.82. The number of nitrogens with zero attached hydrogens (tertiary/aromatic N) is 1. The van der Waals surface area contributed by atoms with Gasteiger partial charge in [-0.05, 0) is 0 Å². The third kappa shape index (κ3) is 2.59. The van der Waals surface area contributed by atoms with Crippen LogP contribution in [0.4, 0.5) is 11.4 Å². The Balaban J connectivity index is 2.72. The van der Waals surface area contributed by atoms with E-state index in [2.05, 4.69) is 10.7 Å². The number of nitro benzene ring substituents is 1. The predicted molar refractivity (Wildman–Crippen MR) is 78.6 cm³/mol. The fourth-order valence-electron chi connectivity index (χ4n) is 1.78. The number of nitrogens with two attached hydrogens (primary N) is 1. The molecule has 0 atom stereocenters. The van der Waals surface area contributed by atoms with E-state index in [0.29, 0.717) is 10.1 Å². The maximum atomic E-state index is 11.6. The molecule has 108 valence electrons. The van der Waals surface area contributed by atoms with E-state index in [9.17, 15) is 14.9 Å². The van der Waals surface area contributed by atoms with Crippen molar-refractivity contribution in [1.82, 2.24) is 0 Å². The van der Waals surface area contributed by atoms with Gasteiger partial charge in [-0.3, -0.25) is 10.1 Å². The summed E-state index contributed by atoms with van der Waals surface area (Å²) in [4.78, 5) is 22.2. The van der Waals surface area contributed by atoms with Gasteiger partial charge in [0.15, 0.2) is 0 Å². The number of anilines is 1. The minimum atomic E-state index is -0.612. The first kappa shape index (κ1) is 14.6. The number of rotatable bonds is 4. The SMILES string of the molecule is C#CCOc1cc([N+](=O)[O-])cc2sc(C(=O)OC)c(N)c12. The predicted octanol–water partition coefficient (Wildman–Crippen LogP) is 2.19. The molecule has 1 aromatic carbocycles. The number of carbonyl (C=O) groups is 1. The summed E-state index contributed by atoms with van der Waals surface area (Å²) >= 11 is 1.00. The molecule has 1 heterocycles. The smallest absolute Gasteiger partial charge is 0.350 e. The summed E-state index contributed by atoms with van der Waals surface area (Å²) in [6.45, 7) is -0.0703. The first-order valence-electron chi connectivity index (χ1n) is 5.64. The van der Waals surface area contributed by atoms with Crippen molar-refractivity contribution in [3.63, 3.8) is 0 Å². The summed E-state index contributed by atoms with van der Waals surface area (Å²) in [6, 6.07) is 2.55. The van der Waals surface area contributed by atoms with Crippen LogP contribution in [0, 0.1) is 22.5 Å². The number of hydrogen-bond donors (Lipinski definition) is 1. The van der Waals surface area contributed by atoms with Crippen molar-refractivity contribution < 1.29 is 19.2 Å². The van der Waals surface area contributed by atoms with Crippen molar-refractivity contribution in [3.8, 4) is 18.1 Å². The van der Waals surface area contributed by atoms with E-state index in [1.807, 2.05) is 0 Å². The lowest BCUT2D eigenvalue weighted by molar-refractivity contribution is -0.384. The first-order valence-corrected chi connectivity index (χ1v) is 6.46. The Morgan fingerprint density at radius 1 is 1.57 bits per heavy atom. The van der Waals surface area contributed by atoms with E-state index in [4.69, 9.17) is 16.9 Å². The normalized spacial score (nSPS) is 10.1. The van der Waals surface area contributed by atoms with E-state index in [0.717, 1.165) is 11.3 Å². The van der Waals surface area contributed by atoms with Crippen LogP contribution in [-0.2, 0) is 4.74 Å². The van der Waals surface area contributed by atoms with Crippen molar-refractivity contribution in [2.24, 2.45) is 0 Å². The second-order valence-electron chi connectivity index (χ2n) is 3.90. The molecule has 2 aromatic rings. The van der Waals surface area contributed by atoms with Gasteiger partial charge >= 0.3 is 5.97 Å². The Morgan fingerprint density at radius 2 is 2.29 bits per heavy atom. The van der Waals surface area contributed by atoms with Crippen LogP contribution in [0.3, 0.4) is 0 Å². The number of nitrogen functional groups attached to an aromatic ring is 1. The van der Waals surface area contributed by atoms with Crippen LogP contribution in [0.15, 0.2) is 12.1 Å². The third-order valence-electron chi connectivity index (χ3n) is 2.67. The van der Waals surface area contributed by atoms with Crippen LogP contribution in [0.5, 0.6) is 5.75 Å². The van der Waals surface area contributed by atoms with Gasteiger partial charge in [-0.2, -0.15) is 0 Å². The molecular weight excluding hydrogens is 296 g/mol. The molecule has 0 aliphatic heterocycles. The molecule has 0 saturated carbocycles. The van der Waals surface area contributed by atoms with Gasteiger partial charge in [-0.1, -0.05) is 5.92 Å². The number of esters is 1. The van der Waals surface area contributed by atoms with Gasteiger partial charge in [0.1, 0.15) is 17.2 Å². The minimum absolute atomic E-state index is 0.0703. The number of fused-ring (bicyclic) bond motifs is 1. The second kappa shape index (κ2) is 5.68. The van der Waals surface area contributed by atoms with Crippen molar-refractivity contribution in [2.45, 2.75) is 0 Å². The topological polar surface area (TPSA) is 105 Å². The van der Waals surface area contributed by atoms with E-state index in [-0.39, 0.29) is 28.6 Å². The molecule has 1 aromatic heterocycles. The van der Waals surface area contributed by atoms with Crippen LogP contribution in [0.25, 0.3) is 10.1 Å². The number of methoxy groups -OCH3 is 1. The van der Waals surface area contributed by atoms with Gasteiger partial charge in [0.2, 0.25) is 0 Å². The lowest BCUT2D eigenvalue weighted by atomic mass is 10.2. The molecule has 0 radical (unpaired) electrons. The van der Waals surface area contributed by atoms with Crippen LogP contribution >= 0.6 is 11.3 Å². The largest absolute Gasteiger partial charge is 0.480 e. The molecule has 0 unspecified atom stereocenters. The average Bonchev–Trinajstić information content (AvgIpc) is 2.81. The molecule has 0 amide bonds. The van der Waals surface area contributed by atoms with Gasteiger partial charge in [0.25, 0.3) is 5.69 Å². The maximum Gasteiger partial charge on any atom is 0.350 e. The molecule has 7 nitrogen and oxygen atoms in total. The fraction of sp³-hybridized carbons (Fsp3) is 0.154. The number of terminal acetylenes is 1. The highest BCUT2D eigenvalue weighted by molar-refractivity contribution is 7.21. The quantitative estimate of drug-likeness (QED) is 0.402. The van der Waals surface area contributed by atoms with Crippen LogP contribution in [-0.4, -0.2) is 24.6 Å². The molecule has 2 N–H and O–H groups in total. The summed E-state index contributed by atoms with van der Waals surface area (Å²) < 4.78 is 10.4. The number of ether oxygens (including phenoxy) is 2. The Kier molecular flexibility index (Phi) is 3.95. The molecule has 0 saturated heterocycles. The summed E-state index contributed by atoms with van der Waals surface area (Å²) in [5, 5.41) is 11.4. The number of hydrogen-bond acceptors (Lipinski definition) is 7. The third-order valence-corrected chi connectivity index (χ3v) is 3.80. The average molecular weight is 306 g/mol. The number of benzene rings is 1. The monoisotopic (exact) mass is 306 g/mol. The van der Waals surface area contributed by atoms with E-state index in [1.165, 1.54) is 19.2 Å². The molecule has 21 heavy (non-hydrogen) atoms. The zero-order chi connectivity index (χ0) is 15.6. The highest BCUT2D eigenvalue weighted by atomic mass is 32.1. The van der Waals surface area contributed by atoms with Crippen molar-refractivity contribution in [1.29, 1.82) is 0 Å². The van der Waals surface area contributed by atoms with Gasteiger partial charge in [-0.15, -0.1) is 17.8 Å². The summed E-state index contributed by atoms with van der Waals surface area (Å²) in [5.41, 5.74) is 5.90. The van der Waals surface area contributed by atoms with Gasteiger partial charge in [-0.25, -0.2) is 4.79 Å². The van der Waals surface area contributed by atoms with Crippen molar-refractivity contribution in [2.75, 3.05) is 19.5 Å². The highest BCUT2D eigenvalue weighted by Gasteiger charge is 2.23. The molecule has 0 spiro atoms. The molecule has 0 aliphatic carbocycles. The minimum Gasteiger partial charge on any atom is -0.480 e. The van der Waals surface area contributed by atoms with Gasteiger partial charge < -0.3 is 15.2 Å². The lowest BCUT2D eigenvalue weighted by Gasteiger charge is -2.05. The Morgan fingerprint density at radius 3 is 2.86 bits per heavy atom. The van der Waals surface area contributed by atoms with E-state index >= 15 is 0 Å². The van der Waals surface area contributed by atoms with E-state index < -0.39 is 10.9 Å². The zero-order valence-corrected chi connectivity index (χ0v) is 11.7. The highest BCUT2D eigenvalue weighted by Crippen LogP contribution is 2.42. The van der Waals surface area contributed by atoms with Crippen molar-refractivity contribution >= 4 is 38.8 Å². The lowest BCUT2D eigenvalue weighted by Crippen LogP contribution is -2.02. The number of non-ortho nitro benzene ring substituents is 1. The number of nitro groups is 1. The van der Waals surface area contributed by atoms with Crippen LogP contribution < -0.4 is 10.5 Å². The first-order chi connectivity index (χ1) is 9.99. The van der Waals surface area contributed by atoms with Crippen LogP contribution in [0.2, 0.25) is 0 Å². The Hall–Kier alpha value is -2.79. The Labute approximate surface area is 123 Å². The molecule has 0 fully saturated rings. The molecule has 0 bridgehead atoms. The van der Waals surface area contributed by atoms with E-state index in [1.54, 1.807) is 0 Å². The van der Waals surface area contributed by atoms with Crippen LogP contribution in [0.1, 0.15) is 9.67 Å². The Bertz CT molecular complexity index is 775. The fourth-order valence-corrected chi connectivity index (χ4v) is 2.87. The van der Waals surface area contributed by atoms with Crippen molar-refractivity contribution in [3.05, 3.63) is 27.1 Å². The van der Waals surface area contributed by atoms with Gasteiger partial charge in [0, 0.05) is 10.8 Å². The second-order valence-corrected chi connectivity index (χ2v) is 4.96.